The number of carbonyl (C=O) groups excluding carboxylic acids is 1. The van der Waals surface area contributed by atoms with Crippen molar-refractivity contribution < 1.29 is 14.1 Å². The van der Waals surface area contributed by atoms with Crippen molar-refractivity contribution in [2.75, 3.05) is 5.32 Å². The summed E-state index contributed by atoms with van der Waals surface area (Å²) in [7, 11) is 0. The molecular formula is C24H16ClN3O3S. The van der Waals surface area contributed by atoms with Gasteiger partial charge in [0.05, 0.1) is 15.7 Å². The SMILES string of the molecule is O=C(Nc1ccc2ncsc2c1)c1cc(-c2ccc(OCc3ccccc3Cl)cc2)on1. The zero-order chi connectivity index (χ0) is 21.9. The number of benzene rings is 3. The van der Waals surface area contributed by atoms with Gasteiger partial charge in [0.1, 0.15) is 12.4 Å². The molecule has 2 heterocycles. The third-order valence-corrected chi connectivity index (χ3v) is 5.98. The molecule has 5 rings (SSSR count). The highest BCUT2D eigenvalue weighted by molar-refractivity contribution is 7.16. The summed E-state index contributed by atoms with van der Waals surface area (Å²) in [5, 5.41) is 7.41. The second-order valence-corrected chi connectivity index (χ2v) is 8.26. The van der Waals surface area contributed by atoms with Gasteiger partial charge in [0.25, 0.3) is 5.91 Å². The minimum Gasteiger partial charge on any atom is -0.489 e. The van der Waals surface area contributed by atoms with E-state index in [0.717, 1.165) is 21.3 Å². The van der Waals surface area contributed by atoms with E-state index >= 15 is 0 Å². The lowest BCUT2D eigenvalue weighted by atomic mass is 10.1. The Morgan fingerprint density at radius 3 is 2.75 bits per heavy atom. The lowest BCUT2D eigenvalue weighted by Crippen LogP contribution is -2.11. The van der Waals surface area contributed by atoms with Gasteiger partial charge < -0.3 is 14.6 Å². The summed E-state index contributed by atoms with van der Waals surface area (Å²) < 4.78 is 12.2. The van der Waals surface area contributed by atoms with Gasteiger partial charge in [-0.15, -0.1) is 11.3 Å². The van der Waals surface area contributed by atoms with Crippen LogP contribution in [0.5, 0.6) is 5.75 Å². The number of halogens is 1. The van der Waals surface area contributed by atoms with Crippen LogP contribution in [-0.4, -0.2) is 16.0 Å². The fourth-order valence-electron chi connectivity index (χ4n) is 3.14. The van der Waals surface area contributed by atoms with E-state index in [1.54, 1.807) is 11.6 Å². The first kappa shape index (κ1) is 20.2. The molecule has 0 aliphatic heterocycles. The zero-order valence-corrected chi connectivity index (χ0v) is 18.2. The van der Waals surface area contributed by atoms with Crippen molar-refractivity contribution in [2.45, 2.75) is 6.61 Å². The van der Waals surface area contributed by atoms with Crippen LogP contribution in [0, 0.1) is 0 Å². The lowest BCUT2D eigenvalue weighted by molar-refractivity contribution is 0.101. The van der Waals surface area contributed by atoms with E-state index in [9.17, 15) is 4.79 Å². The Bertz CT molecular complexity index is 1400. The van der Waals surface area contributed by atoms with E-state index in [4.69, 9.17) is 20.9 Å². The van der Waals surface area contributed by atoms with Crippen LogP contribution in [0.15, 0.2) is 82.8 Å². The van der Waals surface area contributed by atoms with E-state index < -0.39 is 0 Å². The summed E-state index contributed by atoms with van der Waals surface area (Å²) in [5.41, 5.74) is 5.25. The van der Waals surface area contributed by atoms with Gasteiger partial charge in [0, 0.05) is 27.9 Å². The summed E-state index contributed by atoms with van der Waals surface area (Å²) in [4.78, 5) is 16.8. The van der Waals surface area contributed by atoms with Gasteiger partial charge in [-0.2, -0.15) is 0 Å². The van der Waals surface area contributed by atoms with Crippen LogP contribution in [0.25, 0.3) is 21.5 Å². The Morgan fingerprint density at radius 2 is 1.91 bits per heavy atom. The smallest absolute Gasteiger partial charge is 0.277 e. The number of thiazole rings is 1. The molecule has 6 nitrogen and oxygen atoms in total. The number of nitrogens with one attached hydrogen (secondary N) is 1. The Morgan fingerprint density at radius 1 is 1.06 bits per heavy atom. The molecule has 1 N–H and O–H groups in total. The van der Waals surface area contributed by atoms with Crippen molar-refractivity contribution in [1.82, 2.24) is 10.1 Å². The van der Waals surface area contributed by atoms with Crippen molar-refractivity contribution in [2.24, 2.45) is 0 Å². The van der Waals surface area contributed by atoms with Crippen molar-refractivity contribution in [3.63, 3.8) is 0 Å². The van der Waals surface area contributed by atoms with Crippen molar-refractivity contribution in [3.8, 4) is 17.1 Å². The number of hydrogen-bond donors (Lipinski definition) is 1. The zero-order valence-electron chi connectivity index (χ0n) is 16.6. The van der Waals surface area contributed by atoms with Gasteiger partial charge in [-0.1, -0.05) is 35.0 Å². The van der Waals surface area contributed by atoms with Crippen LogP contribution in [0.4, 0.5) is 5.69 Å². The molecule has 0 unspecified atom stereocenters. The van der Waals surface area contributed by atoms with E-state index in [1.807, 2.05) is 66.7 Å². The Hall–Kier alpha value is -3.68. The van der Waals surface area contributed by atoms with Crippen LogP contribution in [0.3, 0.4) is 0 Å². The number of aromatic nitrogens is 2. The molecule has 0 aliphatic rings. The average Bonchev–Trinajstić information content (AvgIpc) is 3.49. The standard InChI is InChI=1S/C24H16ClN3O3S/c25-19-4-2-1-3-16(19)13-30-18-8-5-15(6-9-18)22-12-21(28-31-22)24(29)27-17-7-10-20-23(11-17)32-14-26-20/h1-12,14H,13H2,(H,27,29). The van der Waals surface area contributed by atoms with E-state index in [-0.39, 0.29) is 11.6 Å². The molecule has 0 spiro atoms. The van der Waals surface area contributed by atoms with Crippen LogP contribution in [0.2, 0.25) is 5.02 Å². The minimum absolute atomic E-state index is 0.198. The largest absolute Gasteiger partial charge is 0.489 e. The third-order valence-electron chi connectivity index (χ3n) is 4.82. The number of amides is 1. The predicted molar refractivity (Wildman–Crippen MR) is 125 cm³/mol. The number of rotatable bonds is 6. The molecule has 0 bridgehead atoms. The molecule has 8 heteroatoms. The average molecular weight is 462 g/mol. The molecule has 1 amide bonds. The molecule has 0 radical (unpaired) electrons. The quantitative estimate of drug-likeness (QED) is 0.315. The molecule has 0 saturated carbocycles. The van der Waals surface area contributed by atoms with Gasteiger partial charge in [-0.25, -0.2) is 4.98 Å². The first-order valence-electron chi connectivity index (χ1n) is 9.74. The molecule has 0 atom stereocenters. The molecule has 2 aromatic heterocycles. The van der Waals surface area contributed by atoms with Crippen molar-refractivity contribution in [1.29, 1.82) is 0 Å². The number of nitrogens with zero attached hydrogens (tertiary/aromatic N) is 2. The van der Waals surface area contributed by atoms with Crippen LogP contribution in [0.1, 0.15) is 16.1 Å². The van der Waals surface area contributed by atoms with Gasteiger partial charge in [-0.05, 0) is 48.5 Å². The normalized spacial score (nSPS) is 10.9. The summed E-state index contributed by atoms with van der Waals surface area (Å²) in [6.45, 7) is 0.374. The van der Waals surface area contributed by atoms with Crippen LogP contribution >= 0.6 is 22.9 Å². The Labute approximate surface area is 192 Å². The number of fused-ring (bicyclic) bond motifs is 1. The monoisotopic (exact) mass is 461 g/mol. The highest BCUT2D eigenvalue weighted by Crippen LogP contribution is 2.26. The summed E-state index contributed by atoms with van der Waals surface area (Å²) >= 11 is 7.68. The van der Waals surface area contributed by atoms with Crippen molar-refractivity contribution >= 4 is 44.7 Å². The number of anilines is 1. The highest BCUT2D eigenvalue weighted by atomic mass is 35.5. The Kier molecular flexibility index (Phi) is 5.58. The lowest BCUT2D eigenvalue weighted by Gasteiger charge is -2.08. The second-order valence-electron chi connectivity index (χ2n) is 6.97. The second kappa shape index (κ2) is 8.82. The maximum absolute atomic E-state index is 12.6. The van der Waals surface area contributed by atoms with E-state index in [1.165, 1.54) is 11.3 Å². The maximum Gasteiger partial charge on any atom is 0.277 e. The van der Waals surface area contributed by atoms with Crippen LogP contribution < -0.4 is 10.1 Å². The predicted octanol–water partition coefficient (Wildman–Crippen LogP) is 6.44. The van der Waals surface area contributed by atoms with E-state index in [2.05, 4.69) is 15.5 Å². The molecule has 158 valence electrons. The fraction of sp³-hybridized carbons (Fsp3) is 0.0417. The van der Waals surface area contributed by atoms with Gasteiger partial charge in [-0.3, -0.25) is 4.79 Å². The van der Waals surface area contributed by atoms with E-state index in [0.29, 0.717) is 28.8 Å². The molecule has 32 heavy (non-hydrogen) atoms. The number of ether oxygens (including phenoxy) is 1. The number of carbonyl (C=O) groups is 1. The topological polar surface area (TPSA) is 77.2 Å². The van der Waals surface area contributed by atoms with Gasteiger partial charge >= 0.3 is 0 Å². The molecule has 0 saturated heterocycles. The fourth-order valence-corrected chi connectivity index (χ4v) is 4.04. The van der Waals surface area contributed by atoms with Gasteiger partial charge in [0.15, 0.2) is 11.5 Å². The molecule has 0 aliphatic carbocycles. The summed E-state index contributed by atoms with van der Waals surface area (Å²) in [6.07, 6.45) is 0. The molecule has 5 aromatic rings. The Balaban J connectivity index is 1.24. The molecular weight excluding hydrogens is 446 g/mol. The molecule has 0 fully saturated rings. The minimum atomic E-state index is -0.344. The maximum atomic E-state index is 12.6. The van der Waals surface area contributed by atoms with Crippen molar-refractivity contribution in [3.05, 3.63) is 94.6 Å². The van der Waals surface area contributed by atoms with Crippen LogP contribution in [-0.2, 0) is 6.61 Å². The summed E-state index contributed by atoms with van der Waals surface area (Å²) in [6, 6.07) is 22.1. The highest BCUT2D eigenvalue weighted by Gasteiger charge is 2.14. The first-order chi connectivity index (χ1) is 15.7. The third kappa shape index (κ3) is 4.34. The number of hydrogen-bond acceptors (Lipinski definition) is 6. The first-order valence-corrected chi connectivity index (χ1v) is 11.0. The summed E-state index contributed by atoms with van der Waals surface area (Å²) in [5.74, 6) is 0.846. The molecule has 3 aromatic carbocycles. The van der Waals surface area contributed by atoms with Gasteiger partial charge in [0.2, 0.25) is 0 Å².